The van der Waals surface area contributed by atoms with Crippen molar-refractivity contribution in [3.8, 4) is 11.5 Å². The van der Waals surface area contributed by atoms with Gasteiger partial charge >= 0.3 is 12.1 Å². The van der Waals surface area contributed by atoms with E-state index in [0.717, 1.165) is 0 Å². The second-order valence-electron chi connectivity index (χ2n) is 15.0. The third kappa shape index (κ3) is 9.58. The summed E-state index contributed by atoms with van der Waals surface area (Å²) in [6.07, 6.45) is 3.71. The summed E-state index contributed by atoms with van der Waals surface area (Å²) in [5.74, 6) is -2.58. The Morgan fingerprint density at radius 1 is 1.02 bits per heavy atom. The van der Waals surface area contributed by atoms with E-state index in [2.05, 4.69) is 15.4 Å². The summed E-state index contributed by atoms with van der Waals surface area (Å²) in [6, 6.07) is 12.8. The summed E-state index contributed by atoms with van der Waals surface area (Å²) in [5, 5.41) is 4.67. The van der Waals surface area contributed by atoms with E-state index in [4.69, 9.17) is 18.9 Å². The van der Waals surface area contributed by atoms with E-state index in [9.17, 15) is 32.4 Å². The lowest BCUT2D eigenvalue weighted by atomic mass is 10.1. The average Bonchev–Trinajstić information content (AvgIpc) is 4.03. The maximum Gasteiger partial charge on any atom is 0.408 e. The monoisotopic (exact) mass is 766 g/mol. The molecule has 0 aromatic heterocycles. The highest BCUT2D eigenvalue weighted by molar-refractivity contribution is 7.91. The Morgan fingerprint density at radius 3 is 2.48 bits per heavy atom. The highest BCUT2D eigenvalue weighted by atomic mass is 32.2. The number of nitrogens with one attached hydrogen (secondary N) is 3. The van der Waals surface area contributed by atoms with Crippen LogP contribution in [0.25, 0.3) is 0 Å². The van der Waals surface area contributed by atoms with Crippen molar-refractivity contribution in [2.45, 2.75) is 93.9 Å². The number of nitrogens with zero attached hydrogens (tertiary/aromatic N) is 1. The van der Waals surface area contributed by atoms with Gasteiger partial charge in [0.1, 0.15) is 40.8 Å². The molecule has 16 heteroatoms. The van der Waals surface area contributed by atoms with Gasteiger partial charge in [-0.05, 0) is 83.2 Å². The molecular formula is C38H46N4O11S. The number of carbonyl (C=O) groups is 5. The van der Waals surface area contributed by atoms with Crippen LogP contribution in [0, 0.1) is 5.92 Å². The van der Waals surface area contributed by atoms with E-state index in [1.165, 1.54) is 11.0 Å². The molecule has 4 amide bonds. The van der Waals surface area contributed by atoms with E-state index < -0.39 is 80.3 Å². The molecule has 2 saturated carbocycles. The highest BCUT2D eigenvalue weighted by Gasteiger charge is 2.62. The van der Waals surface area contributed by atoms with Crippen LogP contribution >= 0.6 is 0 Å². The van der Waals surface area contributed by atoms with Crippen molar-refractivity contribution in [2.24, 2.45) is 5.92 Å². The second kappa shape index (κ2) is 15.8. The molecule has 0 spiro atoms. The van der Waals surface area contributed by atoms with Crippen LogP contribution < -0.4 is 20.1 Å². The van der Waals surface area contributed by atoms with Gasteiger partial charge in [-0.2, -0.15) is 0 Å². The third-order valence-corrected chi connectivity index (χ3v) is 11.3. The van der Waals surface area contributed by atoms with Gasteiger partial charge in [-0.3, -0.25) is 19.1 Å². The summed E-state index contributed by atoms with van der Waals surface area (Å²) >= 11 is 0. The fourth-order valence-corrected chi connectivity index (χ4v) is 7.83. The van der Waals surface area contributed by atoms with Gasteiger partial charge in [0, 0.05) is 18.9 Å². The molecule has 2 aliphatic carbocycles. The molecule has 0 unspecified atom stereocenters. The smallest absolute Gasteiger partial charge is 0.408 e. The first-order valence-corrected chi connectivity index (χ1v) is 19.6. The number of rotatable bonds is 8. The van der Waals surface area contributed by atoms with Crippen molar-refractivity contribution >= 4 is 39.8 Å². The summed E-state index contributed by atoms with van der Waals surface area (Å²) in [5.41, 5.74) is -2.29. The van der Waals surface area contributed by atoms with Crippen LogP contribution in [0.3, 0.4) is 0 Å². The molecule has 4 aliphatic rings. The molecule has 3 N–H and O–H groups in total. The van der Waals surface area contributed by atoms with Crippen LogP contribution in [0.5, 0.6) is 11.5 Å². The van der Waals surface area contributed by atoms with E-state index in [0.29, 0.717) is 37.2 Å². The minimum atomic E-state index is -3.93. The molecule has 3 fully saturated rings. The molecular weight excluding hydrogens is 721 g/mol. The van der Waals surface area contributed by atoms with Gasteiger partial charge in [0.25, 0.3) is 5.91 Å². The van der Waals surface area contributed by atoms with Gasteiger partial charge in [0.05, 0.1) is 24.0 Å². The molecule has 54 heavy (non-hydrogen) atoms. The highest BCUT2D eigenvalue weighted by Crippen LogP contribution is 2.46. The summed E-state index contributed by atoms with van der Waals surface area (Å²) in [4.78, 5) is 69.6. The average molecular weight is 767 g/mol. The van der Waals surface area contributed by atoms with Gasteiger partial charge in [0.2, 0.25) is 21.8 Å². The molecule has 6 rings (SSSR count). The molecule has 290 valence electrons. The van der Waals surface area contributed by atoms with Gasteiger partial charge in [-0.1, -0.05) is 36.4 Å². The van der Waals surface area contributed by atoms with Crippen molar-refractivity contribution < 1.29 is 51.3 Å². The predicted octanol–water partition coefficient (Wildman–Crippen LogP) is 3.35. The van der Waals surface area contributed by atoms with E-state index >= 15 is 0 Å². The van der Waals surface area contributed by atoms with Crippen molar-refractivity contribution in [2.75, 3.05) is 19.8 Å². The molecule has 2 aromatic rings. The Bertz CT molecular complexity index is 1890. The first-order chi connectivity index (χ1) is 25.6. The fraction of sp³-hybridized carbons (Fsp3) is 0.500. The van der Waals surface area contributed by atoms with Gasteiger partial charge in [0.15, 0.2) is 0 Å². The maximum atomic E-state index is 14.3. The first-order valence-electron chi connectivity index (χ1n) is 18.1. The van der Waals surface area contributed by atoms with E-state index in [1.54, 1.807) is 57.2 Å². The van der Waals surface area contributed by atoms with E-state index in [-0.39, 0.29) is 38.2 Å². The zero-order valence-electron chi connectivity index (χ0n) is 30.4. The lowest BCUT2D eigenvalue weighted by Crippen LogP contribution is -2.59. The van der Waals surface area contributed by atoms with E-state index in [1.807, 2.05) is 24.3 Å². The molecule has 2 aromatic carbocycles. The molecule has 0 bridgehead atoms. The molecule has 1 saturated heterocycles. The number of fused-ring (bicyclic) bond motifs is 2. The Hall–Kier alpha value is -4.96. The van der Waals surface area contributed by atoms with Crippen LogP contribution in [-0.2, 0) is 38.6 Å². The van der Waals surface area contributed by atoms with Crippen LogP contribution in [-0.4, -0.2) is 97.4 Å². The van der Waals surface area contributed by atoms with Crippen molar-refractivity contribution in [3.05, 3.63) is 72.3 Å². The number of para-hydroxylation sites is 1. The SMILES string of the molecule is CC(C)(C)OC(=O)N[C@H]1COCCC/C=C\[C@H]2C[C@@]2(C(=O)NS(=O)(=O)C2CC2)NC(=O)[C@@H]2C[C@@H](OC(=O)c3cccc(Oc4ccccc4)c3)CN2C1=O. The standard InChI is InChI=1S/C38H46N4O11S/c1-37(2,3)53-36(47)39-30-23-50-18-9-5-6-12-25-21-38(25,35(46)41-54(48,49)29-16-17-29)40-32(43)31-20-28(22-42(31)33(30)44)52-34(45)24-11-10-15-27(19-24)51-26-13-7-4-8-14-26/h4,6-8,10-15,19,25,28-31H,5,9,16-18,20-23H2,1-3H3,(H,39,47)(H,40,43)(H,41,46)/b12-6-/t25-,28+,30-,31-,38+/m0/s1. The van der Waals surface area contributed by atoms with Crippen LogP contribution in [0.4, 0.5) is 4.79 Å². The molecule has 2 heterocycles. The Labute approximate surface area is 314 Å². The third-order valence-electron chi connectivity index (χ3n) is 9.44. The lowest BCUT2D eigenvalue weighted by molar-refractivity contribution is -0.142. The number of allylic oxidation sites excluding steroid dienone is 1. The van der Waals surface area contributed by atoms with Crippen molar-refractivity contribution in [1.29, 1.82) is 0 Å². The topological polar surface area (TPSA) is 196 Å². The van der Waals surface area contributed by atoms with Gasteiger partial charge < -0.3 is 34.5 Å². The Morgan fingerprint density at radius 2 is 1.76 bits per heavy atom. The summed E-state index contributed by atoms with van der Waals surface area (Å²) in [7, 11) is -3.93. The molecule has 2 aliphatic heterocycles. The minimum Gasteiger partial charge on any atom is -0.457 e. The van der Waals surface area contributed by atoms with Crippen molar-refractivity contribution in [3.63, 3.8) is 0 Å². The zero-order valence-corrected chi connectivity index (χ0v) is 31.3. The quantitative estimate of drug-likeness (QED) is 0.263. The number of esters is 1. The van der Waals surface area contributed by atoms with Gasteiger partial charge in [-0.15, -0.1) is 0 Å². The van der Waals surface area contributed by atoms with Crippen LogP contribution in [0.15, 0.2) is 66.7 Å². The number of benzene rings is 2. The zero-order chi connectivity index (χ0) is 38.7. The van der Waals surface area contributed by atoms with Gasteiger partial charge in [-0.25, -0.2) is 18.0 Å². The van der Waals surface area contributed by atoms with Crippen molar-refractivity contribution in [1.82, 2.24) is 20.3 Å². The predicted molar refractivity (Wildman–Crippen MR) is 194 cm³/mol. The Balaban J connectivity index is 1.25. The largest absolute Gasteiger partial charge is 0.457 e. The maximum absolute atomic E-state index is 14.3. The Kier molecular flexibility index (Phi) is 11.3. The normalized spacial score (nSPS) is 26.8. The number of sulfonamides is 1. The number of hydrogen-bond donors (Lipinski definition) is 3. The number of hydrogen-bond acceptors (Lipinski definition) is 11. The number of ether oxygens (including phenoxy) is 4. The van der Waals surface area contributed by atoms with Crippen LogP contribution in [0.1, 0.15) is 69.7 Å². The molecule has 5 atom stereocenters. The molecule has 0 radical (unpaired) electrons. The second-order valence-corrected chi connectivity index (χ2v) is 17.0. The number of amides is 4. The molecule has 15 nitrogen and oxygen atoms in total. The first kappa shape index (κ1) is 38.8. The van der Waals surface area contributed by atoms with Crippen LogP contribution in [0.2, 0.25) is 0 Å². The summed E-state index contributed by atoms with van der Waals surface area (Å²) < 4.78 is 50.6. The summed E-state index contributed by atoms with van der Waals surface area (Å²) in [6.45, 7) is 4.78. The number of carbonyl (C=O) groups excluding carboxylic acids is 5. The number of alkyl carbamates (subject to hydrolysis) is 1. The lowest BCUT2D eigenvalue weighted by Gasteiger charge is -2.30. The fourth-order valence-electron chi connectivity index (χ4n) is 6.46. The minimum absolute atomic E-state index is 0.140.